The van der Waals surface area contributed by atoms with Crippen LogP contribution in [0.4, 0.5) is 13.2 Å². The summed E-state index contributed by atoms with van der Waals surface area (Å²) in [4.78, 5) is 22.7. The van der Waals surface area contributed by atoms with Crippen molar-refractivity contribution in [2.75, 3.05) is 20.8 Å². The number of rotatable bonds is 10. The first-order chi connectivity index (χ1) is 44.5. The third-order valence-corrected chi connectivity index (χ3v) is 30.8. The Kier molecular flexibility index (Phi) is 42.4. The van der Waals surface area contributed by atoms with Crippen molar-refractivity contribution < 1.29 is 81.7 Å². The van der Waals surface area contributed by atoms with Gasteiger partial charge < -0.3 is 24.9 Å². The van der Waals surface area contributed by atoms with Crippen LogP contribution < -0.4 is 23.6 Å². The molecule has 0 aliphatic carbocycles. The number of halogens is 3. The Morgan fingerprint density at radius 1 is 0.402 bits per heavy atom. The molecular formula is C75H95F3Ge3Ir2N5O6SSi2-5. The molecule has 11 nitrogen and oxygen atoms in total. The number of aliphatic hydroxyl groups is 3. The molecular weight excluding hydrogens is 1810 g/mol. The van der Waals surface area contributed by atoms with E-state index >= 15 is 0 Å². The zero-order valence-electron chi connectivity index (χ0n) is 59.0. The molecule has 97 heavy (non-hydrogen) atoms. The molecule has 5 aromatic carbocycles. The molecule has 0 amide bonds. The van der Waals surface area contributed by atoms with Crippen LogP contribution in [0.15, 0.2) is 219 Å². The Morgan fingerprint density at radius 3 is 0.804 bits per heavy atom. The number of hydrogen-bond donors (Lipinski definition) is 3. The fraction of sp³-hybridized carbons (Fsp3) is 0.267. The van der Waals surface area contributed by atoms with Crippen LogP contribution >= 0.6 is 0 Å². The summed E-state index contributed by atoms with van der Waals surface area (Å²) in [5.41, 5.74) is 4.89. The summed E-state index contributed by atoms with van der Waals surface area (Å²) in [6, 6.07) is 76.6. The largest absolute Gasteiger partial charge is 0 e. The average molecular weight is 1910 g/mol. The van der Waals surface area contributed by atoms with Gasteiger partial charge in [-0.15, -0.1) is 35.9 Å². The number of aromatic nitrogens is 5. The van der Waals surface area contributed by atoms with E-state index in [1.807, 2.05) is 146 Å². The maximum atomic E-state index is 10.7. The molecule has 3 N–H and O–H groups in total. The molecule has 0 fully saturated rings. The number of hydrogen-bond acceptors (Lipinski definition) is 11. The number of alkyl halides is 3. The molecule has 526 valence electrons. The van der Waals surface area contributed by atoms with Crippen LogP contribution in [0.5, 0.6) is 0 Å². The Labute approximate surface area is 614 Å². The second kappa shape index (κ2) is 44.8. The Morgan fingerprint density at radius 2 is 0.629 bits per heavy atom. The topological polar surface area (TPSA) is 182 Å². The molecule has 5 heterocycles. The van der Waals surface area contributed by atoms with Gasteiger partial charge in [-0.1, -0.05) is 87.8 Å². The van der Waals surface area contributed by atoms with Gasteiger partial charge >= 0.3 is 305 Å². The van der Waals surface area contributed by atoms with Crippen molar-refractivity contribution in [3.63, 3.8) is 0 Å². The minimum Gasteiger partial charge on any atom is 0 e. The second-order valence-corrected chi connectivity index (χ2v) is 69.6. The molecule has 2 radical (unpaired) electrons. The standard InChI is InChI=1S/3C14H16GeN.C14H17NSi.C14H16NSi.C2H6O.CHF3O3S.2CH4O.2Ir/c3*1-15(2,3)13-9-10-14(16-11-13)12-7-5-4-6-8-12;2*1-16(2,3)13-9-10-14(15-11-13)12-7-5-4-6-8-12;1-2-3;2-1(3,4)8(5,6)7;2*1-2;;/h3*4-7,9-11H,1-3H3;4-11H,1-3H3;4-7,9-11H,1-3H3;3H,2H2,1H3;(H,5,6,7);2*2H,1H3;;/q3*-1;;-1;;;;;;/p-1. The molecule has 0 unspecified atom stereocenters. The molecule has 5 aromatic heterocycles. The van der Waals surface area contributed by atoms with Gasteiger partial charge in [0.1, 0.15) is 0 Å². The van der Waals surface area contributed by atoms with Crippen LogP contribution in [0.25, 0.3) is 56.3 Å². The summed E-state index contributed by atoms with van der Waals surface area (Å²) >= 11 is -5.15. The third kappa shape index (κ3) is 34.6. The minimum atomic E-state index is -6.09. The van der Waals surface area contributed by atoms with Crippen LogP contribution in [-0.2, 0) is 50.3 Å². The van der Waals surface area contributed by atoms with Gasteiger partial charge in [-0.05, 0) is 29.1 Å². The monoisotopic (exact) mass is 1910 g/mol. The Bertz CT molecular complexity index is 3270. The quantitative estimate of drug-likeness (QED) is 0.0513. The van der Waals surface area contributed by atoms with E-state index in [-0.39, 0.29) is 46.8 Å². The minimum absolute atomic E-state index is 0. The zero-order chi connectivity index (χ0) is 71.7. The van der Waals surface area contributed by atoms with E-state index in [1.165, 1.54) is 29.1 Å². The molecule has 0 bridgehead atoms. The van der Waals surface area contributed by atoms with Crippen molar-refractivity contribution in [1.82, 2.24) is 24.9 Å². The summed E-state index contributed by atoms with van der Waals surface area (Å²) in [7, 11) is -6.54. The first-order valence-electron chi connectivity index (χ1n) is 30.8. The van der Waals surface area contributed by atoms with E-state index in [0.29, 0.717) is 0 Å². The van der Waals surface area contributed by atoms with E-state index in [4.69, 9.17) is 28.3 Å². The normalized spacial score (nSPS) is 10.9. The molecule has 0 aliphatic heterocycles. The fourth-order valence-corrected chi connectivity index (χ4v) is 16.4. The van der Waals surface area contributed by atoms with Crippen molar-refractivity contribution in [1.29, 1.82) is 0 Å². The van der Waals surface area contributed by atoms with Crippen molar-refractivity contribution in [2.24, 2.45) is 0 Å². The molecule has 0 atom stereocenters. The van der Waals surface area contributed by atoms with Gasteiger partial charge in [0.05, 0.1) is 21.8 Å². The molecule has 0 spiro atoms. The SMILES string of the molecule is CCO.CO.CO.C[Si](C)(C)c1ccc(-c2[c-]cccc2)nc1.C[Si](C)(C)c1ccc(-c2ccccc2)nc1.O=S(=O)([O-])C(F)(F)F.[CH3][Ge]([CH3])([CH3])[c]1ccc(-c2[c-]cccc2)nc1.[CH3][Ge]([CH3])([CH3])[c]1ccc(-c2[c-]cccc2)nc1.[CH3][Ge]([CH3])([CH3])[c]1ccc(-c2[c-]cccc2)nc1.[Ir].[Ir]. The molecule has 22 heteroatoms. The van der Waals surface area contributed by atoms with E-state index in [1.54, 1.807) is 6.92 Å². The summed E-state index contributed by atoms with van der Waals surface area (Å²) in [6.45, 7) is 15.9. The van der Waals surface area contributed by atoms with Crippen LogP contribution in [0.1, 0.15) is 6.92 Å². The number of pyridine rings is 5. The summed E-state index contributed by atoms with van der Waals surface area (Å²) in [5.74, 6) is 21.4. The smallest absolute Gasteiger partial charge is 0 e. The first kappa shape index (κ1) is 91.8. The number of aliphatic hydroxyl groups excluding tert-OH is 3. The number of benzene rings is 5. The maximum absolute atomic E-state index is 10.7. The zero-order valence-corrected chi connectivity index (χ0v) is 72.9. The summed E-state index contributed by atoms with van der Waals surface area (Å²) < 4.78 is 63.2. The molecule has 10 rings (SSSR count). The van der Waals surface area contributed by atoms with Gasteiger partial charge in [0.15, 0.2) is 10.1 Å². The van der Waals surface area contributed by atoms with Gasteiger partial charge in [-0.2, -0.15) is 13.2 Å². The van der Waals surface area contributed by atoms with E-state index in [0.717, 1.165) is 64.9 Å². The van der Waals surface area contributed by atoms with Crippen LogP contribution in [0.2, 0.25) is 91.1 Å². The van der Waals surface area contributed by atoms with Crippen LogP contribution in [0.3, 0.4) is 0 Å². The van der Waals surface area contributed by atoms with Gasteiger partial charge in [-0.25, -0.2) is 8.42 Å². The molecule has 0 saturated carbocycles. The molecule has 0 saturated heterocycles. The Hall–Kier alpha value is -5.21. The predicted octanol–water partition coefficient (Wildman–Crippen LogP) is 14.9. The average Bonchev–Trinajstić information content (AvgIpc) is 0.910. The van der Waals surface area contributed by atoms with Crippen LogP contribution in [0, 0.1) is 24.3 Å². The van der Waals surface area contributed by atoms with Gasteiger partial charge in [0, 0.05) is 79.0 Å². The van der Waals surface area contributed by atoms with E-state index in [2.05, 4.69) is 213 Å². The predicted molar refractivity (Wildman–Crippen MR) is 403 cm³/mol. The first-order valence-corrected chi connectivity index (χ1v) is 61.3. The van der Waals surface area contributed by atoms with Crippen LogP contribution in [-0.4, -0.2) is 135 Å². The van der Waals surface area contributed by atoms with Crippen molar-refractivity contribution in [2.45, 2.75) is 104 Å². The molecule has 0 aliphatic rings. The van der Waals surface area contributed by atoms with Gasteiger partial charge in [0.25, 0.3) is 0 Å². The summed E-state index contributed by atoms with van der Waals surface area (Å²) in [6.07, 6.45) is 10.2. The summed E-state index contributed by atoms with van der Waals surface area (Å²) in [5, 5.41) is 24.4. The van der Waals surface area contributed by atoms with Crippen molar-refractivity contribution in [3.05, 3.63) is 243 Å². The van der Waals surface area contributed by atoms with Crippen molar-refractivity contribution in [3.8, 4) is 56.3 Å². The van der Waals surface area contributed by atoms with E-state index in [9.17, 15) is 13.2 Å². The molecule has 10 aromatic rings. The van der Waals surface area contributed by atoms with E-state index < -0.39 is 71.6 Å². The second-order valence-electron chi connectivity index (χ2n) is 26.1. The third-order valence-electron chi connectivity index (χ3n) is 13.4. The fourth-order valence-electron chi connectivity index (χ4n) is 7.82. The Balaban J connectivity index is 0.00000112. The van der Waals surface area contributed by atoms with Gasteiger partial charge in [-0.3, -0.25) is 4.98 Å². The van der Waals surface area contributed by atoms with Crippen molar-refractivity contribution >= 4 is 89.6 Å². The maximum Gasteiger partial charge on any atom is 0 e. The van der Waals surface area contributed by atoms with Gasteiger partial charge in [0.2, 0.25) is 0 Å². The number of nitrogens with zero attached hydrogens (tertiary/aromatic N) is 5.